The lowest BCUT2D eigenvalue weighted by molar-refractivity contribution is 1.50. The standard InChI is InChI=1S/C16H14.C14H12P2.6C2H6/c1-11-3-7-15-13(9-11)5-6-14-10-12(2)4-8-16(14)15;15-11-3-5-13-9(7-11)1-2-10-8-12(16)4-6-14(10)13;6*1-2/h3-10H,1-2H3;1-8H,15-16H2;6*1-2H3. The molecule has 0 aliphatic carbocycles. The lowest BCUT2D eigenvalue weighted by Gasteiger charge is -2.05. The predicted octanol–water partition coefficient (Wildman–Crippen LogP) is 13.8. The van der Waals surface area contributed by atoms with Crippen molar-refractivity contribution in [3.8, 4) is 0 Å². The average Bonchev–Trinajstić information content (AvgIpc) is 3.10. The lowest BCUT2D eigenvalue weighted by atomic mass is 9.99. The van der Waals surface area contributed by atoms with E-state index in [-0.39, 0.29) is 0 Å². The van der Waals surface area contributed by atoms with Gasteiger partial charge >= 0.3 is 0 Å². The van der Waals surface area contributed by atoms with E-state index in [1.54, 1.807) is 0 Å². The normalized spacial score (nSPS) is 8.91. The highest BCUT2D eigenvalue weighted by Crippen LogP contribution is 2.27. The molecular formula is C42H62P2. The Hall–Kier alpha value is -2.78. The molecule has 2 unspecified atom stereocenters. The molecule has 240 valence electrons. The molecule has 0 bridgehead atoms. The van der Waals surface area contributed by atoms with E-state index in [0.717, 1.165) is 0 Å². The summed E-state index contributed by atoms with van der Waals surface area (Å²) in [5, 5.41) is 13.1. The fourth-order valence-corrected chi connectivity index (χ4v) is 4.97. The van der Waals surface area contributed by atoms with Crippen LogP contribution in [0.2, 0.25) is 0 Å². The molecule has 0 aliphatic rings. The third kappa shape index (κ3) is 12.7. The quantitative estimate of drug-likeness (QED) is 0.116. The van der Waals surface area contributed by atoms with Gasteiger partial charge in [0, 0.05) is 0 Å². The molecule has 0 saturated heterocycles. The Morgan fingerprint density at radius 1 is 0.295 bits per heavy atom. The van der Waals surface area contributed by atoms with Crippen molar-refractivity contribution in [1.29, 1.82) is 0 Å². The number of hydrogen-bond acceptors (Lipinski definition) is 0. The van der Waals surface area contributed by atoms with Gasteiger partial charge in [-0.05, 0) is 79.7 Å². The summed E-state index contributed by atoms with van der Waals surface area (Å²) in [6.45, 7) is 28.3. The minimum Gasteiger partial charge on any atom is -0.106 e. The zero-order chi connectivity index (χ0) is 34.2. The van der Waals surface area contributed by atoms with E-state index < -0.39 is 0 Å². The summed E-state index contributed by atoms with van der Waals surface area (Å²) in [6.07, 6.45) is 0. The maximum Gasteiger partial charge on any atom is -0.0105 e. The molecule has 0 amide bonds. The third-order valence-electron chi connectivity index (χ3n) is 6.03. The summed E-state index contributed by atoms with van der Waals surface area (Å²) >= 11 is 0. The Balaban J connectivity index is 0. The molecule has 0 aromatic heterocycles. The summed E-state index contributed by atoms with van der Waals surface area (Å²) in [6, 6.07) is 35.2. The zero-order valence-electron chi connectivity index (χ0n) is 30.4. The third-order valence-corrected chi connectivity index (χ3v) is 6.75. The van der Waals surface area contributed by atoms with Gasteiger partial charge in [0.15, 0.2) is 0 Å². The van der Waals surface area contributed by atoms with E-state index in [1.165, 1.54) is 64.8 Å². The van der Waals surface area contributed by atoms with E-state index in [0.29, 0.717) is 0 Å². The molecule has 0 radical (unpaired) electrons. The summed E-state index contributed by atoms with van der Waals surface area (Å²) in [5.41, 5.74) is 2.64. The number of benzene rings is 6. The monoisotopic (exact) mass is 628 g/mol. The van der Waals surface area contributed by atoms with Crippen LogP contribution in [0.25, 0.3) is 43.1 Å². The van der Waals surface area contributed by atoms with Crippen LogP contribution in [-0.2, 0) is 0 Å². The van der Waals surface area contributed by atoms with E-state index in [9.17, 15) is 0 Å². The van der Waals surface area contributed by atoms with E-state index in [1.807, 2.05) is 83.1 Å². The average molecular weight is 629 g/mol. The molecule has 0 fully saturated rings. The van der Waals surface area contributed by atoms with Crippen LogP contribution in [0.3, 0.4) is 0 Å². The Bertz CT molecular complexity index is 1370. The second kappa shape index (κ2) is 25.5. The fourth-order valence-electron chi connectivity index (χ4n) is 4.42. The highest BCUT2D eigenvalue weighted by molar-refractivity contribution is 7.27. The summed E-state index contributed by atoms with van der Waals surface area (Å²) < 4.78 is 0. The molecule has 0 N–H and O–H groups in total. The van der Waals surface area contributed by atoms with Gasteiger partial charge in [0.25, 0.3) is 0 Å². The van der Waals surface area contributed by atoms with Gasteiger partial charge in [0.2, 0.25) is 0 Å². The highest BCUT2D eigenvalue weighted by Gasteiger charge is 2.01. The molecular weight excluding hydrogens is 566 g/mol. The lowest BCUT2D eigenvalue weighted by Crippen LogP contribution is -1.91. The molecule has 2 atom stereocenters. The van der Waals surface area contributed by atoms with Gasteiger partial charge in [-0.3, -0.25) is 0 Å². The number of aryl methyl sites for hydroxylation is 2. The van der Waals surface area contributed by atoms with E-state index in [4.69, 9.17) is 0 Å². The first-order valence-electron chi connectivity index (χ1n) is 16.9. The second-order valence-electron chi connectivity index (χ2n) is 8.54. The van der Waals surface area contributed by atoms with Crippen LogP contribution < -0.4 is 10.6 Å². The molecule has 6 rings (SSSR count). The minimum absolute atomic E-state index is 1.23. The van der Waals surface area contributed by atoms with E-state index >= 15 is 0 Å². The fraction of sp³-hybridized carbons (Fsp3) is 0.333. The van der Waals surface area contributed by atoms with Crippen molar-refractivity contribution < 1.29 is 0 Å². The topological polar surface area (TPSA) is 0 Å². The van der Waals surface area contributed by atoms with Crippen LogP contribution in [0.1, 0.15) is 94.2 Å². The van der Waals surface area contributed by atoms with Gasteiger partial charge in [-0.1, -0.05) is 179 Å². The summed E-state index contributed by atoms with van der Waals surface area (Å²) in [5.74, 6) is 0. The zero-order valence-corrected chi connectivity index (χ0v) is 32.7. The predicted molar refractivity (Wildman–Crippen MR) is 219 cm³/mol. The van der Waals surface area contributed by atoms with Crippen LogP contribution in [0.15, 0.2) is 97.1 Å². The van der Waals surface area contributed by atoms with Gasteiger partial charge in [0.1, 0.15) is 0 Å². The molecule has 0 saturated carbocycles. The van der Waals surface area contributed by atoms with E-state index in [2.05, 4.69) is 129 Å². The first kappa shape index (κ1) is 43.3. The van der Waals surface area contributed by atoms with Crippen LogP contribution in [-0.4, -0.2) is 0 Å². The van der Waals surface area contributed by atoms with Crippen molar-refractivity contribution in [2.24, 2.45) is 0 Å². The Morgan fingerprint density at radius 2 is 0.523 bits per heavy atom. The van der Waals surface area contributed by atoms with Crippen molar-refractivity contribution >= 4 is 72.2 Å². The maximum atomic E-state index is 2.74. The largest absolute Gasteiger partial charge is 0.106 e. The molecule has 0 spiro atoms. The van der Waals surface area contributed by atoms with Crippen molar-refractivity contribution in [3.63, 3.8) is 0 Å². The number of fused-ring (bicyclic) bond motifs is 6. The van der Waals surface area contributed by atoms with Crippen LogP contribution in [0.5, 0.6) is 0 Å². The minimum atomic E-state index is 1.23. The number of rotatable bonds is 0. The molecule has 2 heteroatoms. The van der Waals surface area contributed by atoms with Crippen molar-refractivity contribution in [3.05, 3.63) is 108 Å². The van der Waals surface area contributed by atoms with Crippen LogP contribution in [0, 0.1) is 13.8 Å². The van der Waals surface area contributed by atoms with Gasteiger partial charge < -0.3 is 0 Å². The summed E-state index contributed by atoms with van der Waals surface area (Å²) in [7, 11) is 5.49. The Labute approximate surface area is 276 Å². The highest BCUT2D eigenvalue weighted by atomic mass is 31.0. The summed E-state index contributed by atoms with van der Waals surface area (Å²) in [4.78, 5) is 0. The molecule has 0 heterocycles. The first-order valence-corrected chi connectivity index (χ1v) is 18.0. The van der Waals surface area contributed by atoms with Crippen LogP contribution >= 0.6 is 18.5 Å². The Morgan fingerprint density at radius 3 is 0.795 bits per heavy atom. The molecule has 0 nitrogen and oxygen atoms in total. The number of hydrogen-bond donors (Lipinski definition) is 0. The van der Waals surface area contributed by atoms with Gasteiger partial charge in [-0.25, -0.2) is 0 Å². The van der Waals surface area contributed by atoms with Crippen molar-refractivity contribution in [1.82, 2.24) is 0 Å². The van der Waals surface area contributed by atoms with Gasteiger partial charge in [-0.15, -0.1) is 18.5 Å². The SMILES string of the molecule is CC.CC.CC.CC.CC.CC.Cc1ccc2c(ccc3cc(C)ccc32)c1.Pc1ccc2c(ccc3cc(P)ccc32)c1. The van der Waals surface area contributed by atoms with Crippen LogP contribution in [0.4, 0.5) is 0 Å². The molecule has 44 heavy (non-hydrogen) atoms. The van der Waals surface area contributed by atoms with Crippen molar-refractivity contribution in [2.75, 3.05) is 0 Å². The maximum absolute atomic E-state index is 2.74. The van der Waals surface area contributed by atoms with Gasteiger partial charge in [-0.2, -0.15) is 0 Å². The molecule has 0 aliphatic heterocycles. The first-order chi connectivity index (χ1) is 21.5. The smallest absolute Gasteiger partial charge is 0.0105 e. The van der Waals surface area contributed by atoms with Gasteiger partial charge in [0.05, 0.1) is 0 Å². The Kier molecular flexibility index (Phi) is 25.2. The molecule has 6 aromatic rings. The van der Waals surface area contributed by atoms with Crippen molar-refractivity contribution in [2.45, 2.75) is 96.9 Å². The molecule has 6 aromatic carbocycles. The second-order valence-corrected chi connectivity index (χ2v) is 9.87.